The maximum absolute atomic E-state index is 12.2. The summed E-state index contributed by atoms with van der Waals surface area (Å²) in [5.41, 5.74) is 0.624. The number of rotatable bonds is 4. The summed E-state index contributed by atoms with van der Waals surface area (Å²) in [4.78, 5) is 13.3. The number of nitriles is 1. The number of nitrogens with one attached hydrogen (secondary N) is 1. The van der Waals surface area contributed by atoms with Crippen molar-refractivity contribution >= 4 is 17.7 Å². The van der Waals surface area contributed by atoms with Crippen molar-refractivity contribution in [3.8, 4) is 6.07 Å². The molecular formula is C16H20N2OS. The predicted molar refractivity (Wildman–Crippen MR) is 81.7 cm³/mol. The number of thioether (sulfide) groups is 1. The van der Waals surface area contributed by atoms with Crippen LogP contribution < -0.4 is 5.32 Å². The molecule has 1 atom stereocenters. The van der Waals surface area contributed by atoms with Crippen LogP contribution in [0.1, 0.15) is 42.5 Å². The molecule has 0 heterocycles. The minimum atomic E-state index is -0.358. The van der Waals surface area contributed by atoms with Gasteiger partial charge in [-0.25, -0.2) is 0 Å². The van der Waals surface area contributed by atoms with Crippen LogP contribution in [-0.4, -0.2) is 18.2 Å². The average Bonchev–Trinajstić information content (AvgIpc) is 2.53. The Balaban J connectivity index is 1.99. The fourth-order valence-corrected chi connectivity index (χ4v) is 3.10. The van der Waals surface area contributed by atoms with Crippen LogP contribution in [0.4, 0.5) is 0 Å². The Labute approximate surface area is 124 Å². The molecule has 1 aliphatic rings. The van der Waals surface area contributed by atoms with Crippen molar-refractivity contribution in [2.75, 3.05) is 6.26 Å². The van der Waals surface area contributed by atoms with Crippen molar-refractivity contribution < 1.29 is 4.79 Å². The number of hydrogen-bond donors (Lipinski definition) is 1. The van der Waals surface area contributed by atoms with Crippen LogP contribution in [0.2, 0.25) is 0 Å². The summed E-state index contributed by atoms with van der Waals surface area (Å²) in [6.45, 7) is 0. The van der Waals surface area contributed by atoms with E-state index in [1.165, 1.54) is 19.3 Å². The first-order valence-electron chi connectivity index (χ1n) is 7.09. The second-order valence-corrected chi connectivity index (χ2v) is 6.09. The third-order valence-corrected chi connectivity index (χ3v) is 4.64. The van der Waals surface area contributed by atoms with Crippen molar-refractivity contribution in [1.29, 1.82) is 5.26 Å². The van der Waals surface area contributed by atoms with Gasteiger partial charge in [-0.05, 0) is 49.3 Å². The van der Waals surface area contributed by atoms with E-state index in [9.17, 15) is 10.1 Å². The van der Waals surface area contributed by atoms with Crippen molar-refractivity contribution in [1.82, 2.24) is 5.32 Å². The van der Waals surface area contributed by atoms with Crippen LogP contribution in [0.3, 0.4) is 0 Å². The Kier molecular flexibility index (Phi) is 5.49. The number of carbonyl (C=O) groups is 1. The van der Waals surface area contributed by atoms with Gasteiger partial charge in [0.15, 0.2) is 0 Å². The van der Waals surface area contributed by atoms with E-state index in [0.29, 0.717) is 11.5 Å². The smallest absolute Gasteiger partial charge is 0.252 e. The summed E-state index contributed by atoms with van der Waals surface area (Å²) in [7, 11) is 0. The van der Waals surface area contributed by atoms with Gasteiger partial charge < -0.3 is 5.32 Å². The molecule has 106 valence electrons. The monoisotopic (exact) mass is 288 g/mol. The first-order valence-corrected chi connectivity index (χ1v) is 8.31. The summed E-state index contributed by atoms with van der Waals surface area (Å²) < 4.78 is 0. The lowest BCUT2D eigenvalue weighted by atomic mass is 9.84. The Bertz CT molecular complexity index is 486. The van der Waals surface area contributed by atoms with Gasteiger partial charge in [0.25, 0.3) is 5.91 Å². The van der Waals surface area contributed by atoms with Crippen molar-refractivity contribution in [2.24, 2.45) is 5.92 Å². The minimum Gasteiger partial charge on any atom is -0.336 e. The lowest BCUT2D eigenvalue weighted by Crippen LogP contribution is -2.40. The molecular weight excluding hydrogens is 268 g/mol. The molecule has 20 heavy (non-hydrogen) atoms. The van der Waals surface area contributed by atoms with Crippen molar-refractivity contribution in [3.63, 3.8) is 0 Å². The maximum atomic E-state index is 12.2. The molecule has 1 aliphatic carbocycles. The second-order valence-electron chi connectivity index (χ2n) is 5.21. The van der Waals surface area contributed by atoms with E-state index in [1.54, 1.807) is 11.8 Å². The van der Waals surface area contributed by atoms with Gasteiger partial charge in [-0.2, -0.15) is 5.26 Å². The number of nitrogens with zero attached hydrogens (tertiary/aromatic N) is 1. The largest absolute Gasteiger partial charge is 0.336 e. The molecule has 0 bridgehead atoms. The number of hydrogen-bond acceptors (Lipinski definition) is 3. The third kappa shape index (κ3) is 3.77. The molecule has 0 spiro atoms. The molecule has 0 radical (unpaired) electrons. The predicted octanol–water partition coefficient (Wildman–Crippen LogP) is 3.61. The first kappa shape index (κ1) is 14.9. The van der Waals surface area contributed by atoms with Crippen molar-refractivity contribution in [3.05, 3.63) is 29.8 Å². The van der Waals surface area contributed by atoms with Crippen LogP contribution in [0, 0.1) is 17.2 Å². The van der Waals surface area contributed by atoms with Crippen LogP contribution in [0.25, 0.3) is 0 Å². The molecule has 1 aromatic carbocycles. The molecule has 0 saturated heterocycles. The van der Waals surface area contributed by atoms with Crippen molar-refractivity contribution in [2.45, 2.75) is 43.0 Å². The quantitative estimate of drug-likeness (QED) is 0.861. The van der Waals surface area contributed by atoms with Crippen LogP contribution in [-0.2, 0) is 0 Å². The highest BCUT2D eigenvalue weighted by Gasteiger charge is 2.25. The topological polar surface area (TPSA) is 52.9 Å². The van der Waals surface area contributed by atoms with E-state index in [-0.39, 0.29) is 11.9 Å². The highest BCUT2D eigenvalue weighted by molar-refractivity contribution is 7.98. The Morgan fingerprint density at radius 3 is 2.50 bits per heavy atom. The minimum absolute atomic E-state index is 0.144. The number of benzene rings is 1. The molecule has 1 aromatic rings. The van der Waals surface area contributed by atoms with Gasteiger partial charge in [-0.1, -0.05) is 19.3 Å². The zero-order valence-corrected chi connectivity index (χ0v) is 12.6. The molecule has 1 saturated carbocycles. The molecule has 1 amide bonds. The zero-order chi connectivity index (χ0) is 14.4. The molecule has 0 aliphatic heterocycles. The van der Waals surface area contributed by atoms with Gasteiger partial charge in [0.1, 0.15) is 6.04 Å². The SMILES string of the molecule is CSc1ccc(C(=O)NC(C#N)C2CCCCC2)cc1. The highest BCUT2D eigenvalue weighted by Crippen LogP contribution is 2.26. The van der Waals surface area contributed by atoms with Crippen LogP contribution in [0.5, 0.6) is 0 Å². The van der Waals surface area contributed by atoms with Gasteiger partial charge in [-0.15, -0.1) is 11.8 Å². The molecule has 4 heteroatoms. The van der Waals surface area contributed by atoms with E-state index < -0.39 is 0 Å². The molecule has 1 unspecified atom stereocenters. The third-order valence-electron chi connectivity index (χ3n) is 3.90. The van der Waals surface area contributed by atoms with E-state index in [2.05, 4.69) is 11.4 Å². The van der Waals surface area contributed by atoms with Crippen LogP contribution in [0.15, 0.2) is 29.2 Å². The normalized spacial score (nSPS) is 17.2. The second kappa shape index (κ2) is 7.35. The fraction of sp³-hybridized carbons (Fsp3) is 0.500. The summed E-state index contributed by atoms with van der Waals surface area (Å²) in [5.74, 6) is 0.165. The van der Waals surface area contributed by atoms with E-state index in [0.717, 1.165) is 17.7 Å². The molecule has 2 rings (SSSR count). The van der Waals surface area contributed by atoms with E-state index in [1.807, 2.05) is 30.5 Å². The average molecular weight is 288 g/mol. The van der Waals surface area contributed by atoms with Crippen LogP contribution >= 0.6 is 11.8 Å². The Hall–Kier alpha value is -1.47. The zero-order valence-electron chi connectivity index (χ0n) is 11.8. The number of carbonyl (C=O) groups excluding carboxylic acids is 1. The summed E-state index contributed by atoms with van der Waals surface area (Å²) >= 11 is 1.65. The fourth-order valence-electron chi connectivity index (χ4n) is 2.69. The van der Waals surface area contributed by atoms with Gasteiger partial charge >= 0.3 is 0 Å². The van der Waals surface area contributed by atoms with Gasteiger partial charge in [-0.3, -0.25) is 4.79 Å². The van der Waals surface area contributed by atoms with Gasteiger partial charge in [0, 0.05) is 10.5 Å². The Morgan fingerprint density at radius 2 is 1.95 bits per heavy atom. The van der Waals surface area contributed by atoms with E-state index in [4.69, 9.17) is 0 Å². The molecule has 3 nitrogen and oxygen atoms in total. The molecule has 1 N–H and O–H groups in total. The summed E-state index contributed by atoms with van der Waals surface area (Å²) in [6, 6.07) is 9.40. The van der Waals surface area contributed by atoms with E-state index >= 15 is 0 Å². The number of amides is 1. The molecule has 1 fully saturated rings. The maximum Gasteiger partial charge on any atom is 0.252 e. The summed E-state index contributed by atoms with van der Waals surface area (Å²) in [6.07, 6.45) is 7.68. The highest BCUT2D eigenvalue weighted by atomic mass is 32.2. The lowest BCUT2D eigenvalue weighted by molar-refractivity contribution is 0.0929. The van der Waals surface area contributed by atoms with Gasteiger partial charge in [0.05, 0.1) is 6.07 Å². The molecule has 0 aromatic heterocycles. The first-order chi connectivity index (χ1) is 9.74. The Morgan fingerprint density at radius 1 is 1.30 bits per heavy atom. The standard InChI is InChI=1S/C16H20N2OS/c1-20-14-9-7-13(8-10-14)16(19)18-15(11-17)12-5-3-2-4-6-12/h7-10,12,15H,2-6H2,1H3,(H,18,19). The van der Waals surface area contributed by atoms with Gasteiger partial charge in [0.2, 0.25) is 0 Å². The lowest BCUT2D eigenvalue weighted by Gasteiger charge is -2.26. The summed E-state index contributed by atoms with van der Waals surface area (Å²) in [5, 5.41) is 12.2.